The third-order valence-electron chi connectivity index (χ3n) is 4.36. The van der Waals surface area contributed by atoms with Gasteiger partial charge in [-0.15, -0.1) is 11.3 Å². The molecule has 0 amide bonds. The van der Waals surface area contributed by atoms with Crippen LogP contribution in [0.3, 0.4) is 0 Å². The van der Waals surface area contributed by atoms with Crippen molar-refractivity contribution in [1.82, 2.24) is 0 Å². The number of aryl methyl sites for hydroxylation is 1. The molecule has 0 fully saturated rings. The van der Waals surface area contributed by atoms with Crippen LogP contribution in [0.25, 0.3) is 22.3 Å². The van der Waals surface area contributed by atoms with Crippen LogP contribution < -0.4 is 9.46 Å². The van der Waals surface area contributed by atoms with Gasteiger partial charge >= 0.3 is 5.97 Å². The number of carboxylic acids is 1. The highest BCUT2D eigenvalue weighted by Crippen LogP contribution is 2.44. The first-order valence-electron chi connectivity index (χ1n) is 8.92. The van der Waals surface area contributed by atoms with Gasteiger partial charge in [-0.2, -0.15) is 0 Å². The number of halogens is 1. The zero-order chi connectivity index (χ0) is 21.9. The average molecular weight is 466 g/mol. The molecule has 3 rings (SSSR count). The molecule has 0 saturated carbocycles. The molecule has 2 N–H and O–H groups in total. The molecular formula is C21H20ClNO5S2. The number of ether oxygens (including phenoxy) is 1. The Kier molecular flexibility index (Phi) is 6.70. The summed E-state index contributed by atoms with van der Waals surface area (Å²) in [5.41, 5.74) is 3.94. The highest BCUT2D eigenvalue weighted by molar-refractivity contribution is 7.92. The number of benzene rings is 2. The Hall–Kier alpha value is -2.55. The van der Waals surface area contributed by atoms with E-state index < -0.39 is 16.0 Å². The van der Waals surface area contributed by atoms with Crippen LogP contribution in [0.15, 0.2) is 47.8 Å². The molecule has 0 radical (unpaired) electrons. The minimum atomic E-state index is -3.38. The van der Waals surface area contributed by atoms with Gasteiger partial charge in [0.2, 0.25) is 10.0 Å². The molecule has 1 aromatic heterocycles. The van der Waals surface area contributed by atoms with Gasteiger partial charge in [-0.1, -0.05) is 23.7 Å². The lowest BCUT2D eigenvalue weighted by atomic mass is 9.95. The lowest BCUT2D eigenvalue weighted by Crippen LogP contribution is -2.09. The smallest absolute Gasteiger partial charge is 0.303 e. The van der Waals surface area contributed by atoms with Crippen molar-refractivity contribution in [3.8, 4) is 28.0 Å². The molecule has 0 aliphatic carbocycles. The summed E-state index contributed by atoms with van der Waals surface area (Å²) in [6.45, 7) is 0. The van der Waals surface area contributed by atoms with Crippen molar-refractivity contribution in [3.05, 3.63) is 57.7 Å². The van der Waals surface area contributed by atoms with Gasteiger partial charge < -0.3 is 9.84 Å². The van der Waals surface area contributed by atoms with Gasteiger partial charge in [0.15, 0.2) is 0 Å². The molecule has 9 heteroatoms. The lowest BCUT2D eigenvalue weighted by molar-refractivity contribution is -0.136. The van der Waals surface area contributed by atoms with Crippen molar-refractivity contribution in [2.24, 2.45) is 0 Å². The number of carboxylic acid groups (broad SMARTS) is 1. The van der Waals surface area contributed by atoms with Crippen molar-refractivity contribution in [2.75, 3.05) is 18.1 Å². The van der Waals surface area contributed by atoms with Crippen molar-refractivity contribution in [3.63, 3.8) is 0 Å². The van der Waals surface area contributed by atoms with E-state index in [1.807, 2.05) is 23.6 Å². The molecule has 0 aliphatic heterocycles. The first-order valence-corrected chi connectivity index (χ1v) is 12.1. The fourth-order valence-corrected chi connectivity index (χ4v) is 4.92. The second-order valence-corrected chi connectivity index (χ2v) is 9.79. The number of hydrogen-bond acceptors (Lipinski definition) is 5. The molecule has 30 heavy (non-hydrogen) atoms. The normalized spacial score (nSPS) is 11.3. The second-order valence-electron chi connectivity index (χ2n) is 6.64. The number of nitrogens with one attached hydrogen (secondary N) is 1. The summed E-state index contributed by atoms with van der Waals surface area (Å²) in [6, 6.07) is 12.4. The van der Waals surface area contributed by atoms with Crippen LogP contribution in [0.5, 0.6) is 5.75 Å². The van der Waals surface area contributed by atoms with Crippen LogP contribution in [0, 0.1) is 0 Å². The number of anilines is 1. The molecule has 158 valence electrons. The van der Waals surface area contributed by atoms with Gasteiger partial charge in [0.25, 0.3) is 0 Å². The van der Waals surface area contributed by atoms with E-state index in [-0.39, 0.29) is 6.42 Å². The van der Waals surface area contributed by atoms with Crippen molar-refractivity contribution in [1.29, 1.82) is 0 Å². The highest BCUT2D eigenvalue weighted by atomic mass is 35.5. The molecule has 0 atom stereocenters. The van der Waals surface area contributed by atoms with Crippen LogP contribution in [-0.4, -0.2) is 32.9 Å². The van der Waals surface area contributed by atoms with Gasteiger partial charge in [0.1, 0.15) is 5.75 Å². The number of methoxy groups -OCH3 is 1. The molecule has 0 spiro atoms. The summed E-state index contributed by atoms with van der Waals surface area (Å²) >= 11 is 7.58. The Morgan fingerprint density at radius 3 is 2.47 bits per heavy atom. The van der Waals surface area contributed by atoms with Crippen LogP contribution in [0.1, 0.15) is 11.3 Å². The predicted molar refractivity (Wildman–Crippen MR) is 121 cm³/mol. The lowest BCUT2D eigenvalue weighted by Gasteiger charge is -2.13. The molecule has 1 heterocycles. The first kappa shape index (κ1) is 22.1. The molecule has 3 aromatic rings. The summed E-state index contributed by atoms with van der Waals surface area (Å²) < 4.78 is 30.9. The fraction of sp³-hybridized carbons (Fsp3) is 0.190. The van der Waals surface area contributed by atoms with E-state index in [2.05, 4.69) is 4.72 Å². The monoisotopic (exact) mass is 465 g/mol. The Bertz CT molecular complexity index is 1170. The maximum Gasteiger partial charge on any atom is 0.303 e. The number of aliphatic carboxylic acids is 1. The van der Waals surface area contributed by atoms with Gasteiger partial charge in [-0.3, -0.25) is 9.52 Å². The maximum absolute atomic E-state index is 11.5. The Labute approximate surface area is 184 Å². The second kappa shape index (κ2) is 9.07. The predicted octanol–water partition coefficient (Wildman–Crippen LogP) is 5.13. The van der Waals surface area contributed by atoms with Gasteiger partial charge in [0.05, 0.1) is 19.8 Å². The topological polar surface area (TPSA) is 92.7 Å². The first-order chi connectivity index (χ1) is 14.2. The van der Waals surface area contributed by atoms with Gasteiger partial charge in [-0.25, -0.2) is 8.42 Å². The quantitative estimate of drug-likeness (QED) is 0.481. The summed E-state index contributed by atoms with van der Waals surface area (Å²) in [5, 5.41) is 11.6. The molecule has 0 saturated heterocycles. The van der Waals surface area contributed by atoms with Gasteiger partial charge in [-0.05, 0) is 47.7 Å². The Morgan fingerprint density at radius 2 is 1.87 bits per heavy atom. The molecule has 6 nitrogen and oxygen atoms in total. The van der Waals surface area contributed by atoms with Crippen molar-refractivity contribution < 1.29 is 23.1 Å². The number of thiophene rings is 1. The number of rotatable bonds is 8. The average Bonchev–Trinajstić information content (AvgIpc) is 3.09. The number of sulfonamides is 1. The SMILES string of the molecule is COc1cc(Cl)ccc1-c1csc(CCC(=O)O)c1-c1ccc(NS(C)(=O)=O)cc1. The van der Waals surface area contributed by atoms with Crippen LogP contribution >= 0.6 is 22.9 Å². The van der Waals surface area contributed by atoms with E-state index >= 15 is 0 Å². The van der Waals surface area contributed by atoms with E-state index in [9.17, 15) is 13.2 Å². The van der Waals surface area contributed by atoms with Crippen molar-refractivity contribution >= 4 is 44.6 Å². The zero-order valence-electron chi connectivity index (χ0n) is 16.3. The van der Waals surface area contributed by atoms with Crippen LogP contribution in [0.4, 0.5) is 5.69 Å². The molecule has 2 aromatic carbocycles. The highest BCUT2D eigenvalue weighted by Gasteiger charge is 2.19. The number of hydrogen-bond donors (Lipinski definition) is 2. The standard InChI is InChI=1S/C21H20ClNO5S2/c1-28-18-11-14(22)5-8-16(18)17-12-29-19(9-10-20(24)25)21(17)13-3-6-15(7-4-13)23-30(2,26)27/h3-8,11-12,23H,9-10H2,1-2H3,(H,24,25). The third kappa shape index (κ3) is 5.33. The molecule has 0 bridgehead atoms. The summed E-state index contributed by atoms with van der Waals surface area (Å²) in [6.07, 6.45) is 1.49. The Balaban J connectivity index is 2.11. The summed E-state index contributed by atoms with van der Waals surface area (Å²) in [7, 11) is -1.81. The minimum Gasteiger partial charge on any atom is -0.496 e. The summed E-state index contributed by atoms with van der Waals surface area (Å²) in [4.78, 5) is 12.0. The number of carbonyl (C=O) groups is 1. The van der Waals surface area contributed by atoms with E-state index in [1.165, 1.54) is 11.3 Å². The molecular weight excluding hydrogens is 446 g/mol. The van der Waals surface area contributed by atoms with Crippen LogP contribution in [-0.2, 0) is 21.2 Å². The van der Waals surface area contributed by atoms with E-state index in [4.69, 9.17) is 21.4 Å². The van der Waals surface area contributed by atoms with E-state index in [0.717, 1.165) is 33.4 Å². The van der Waals surface area contributed by atoms with Crippen molar-refractivity contribution in [2.45, 2.75) is 12.8 Å². The molecule has 0 aliphatic rings. The third-order valence-corrected chi connectivity index (χ3v) is 6.25. The summed E-state index contributed by atoms with van der Waals surface area (Å²) in [5.74, 6) is -0.255. The molecule has 0 unspecified atom stereocenters. The fourth-order valence-electron chi connectivity index (χ4n) is 3.12. The minimum absolute atomic E-state index is 0.0123. The van der Waals surface area contributed by atoms with E-state index in [0.29, 0.717) is 22.9 Å². The van der Waals surface area contributed by atoms with Gasteiger partial charge in [0, 0.05) is 32.3 Å². The zero-order valence-corrected chi connectivity index (χ0v) is 18.7. The maximum atomic E-state index is 11.5. The van der Waals surface area contributed by atoms with E-state index in [1.54, 1.807) is 31.4 Å². The largest absolute Gasteiger partial charge is 0.496 e. The Morgan fingerprint density at radius 1 is 1.17 bits per heavy atom. The van der Waals surface area contributed by atoms with Crippen LogP contribution in [0.2, 0.25) is 5.02 Å².